The van der Waals surface area contributed by atoms with Gasteiger partial charge in [0.25, 0.3) is 0 Å². The molecule has 0 aromatic rings. The van der Waals surface area contributed by atoms with Crippen molar-refractivity contribution in [2.45, 2.75) is 32.8 Å². The Kier molecular flexibility index (Phi) is 8.88. The first-order valence-electron chi connectivity index (χ1n) is 4.65. The average molecular weight is 176 g/mol. The Morgan fingerprint density at radius 3 is 2.58 bits per heavy atom. The molecule has 0 aliphatic rings. The van der Waals surface area contributed by atoms with E-state index in [1.807, 2.05) is 6.92 Å². The maximum absolute atomic E-state index is 8.85. The number of rotatable bonds is 8. The SMILES string of the molecule is CCCCOC(CO)COCC. The highest BCUT2D eigenvalue weighted by Gasteiger charge is 2.06. The molecule has 0 saturated heterocycles. The van der Waals surface area contributed by atoms with Crippen molar-refractivity contribution in [2.75, 3.05) is 26.4 Å². The number of hydrogen-bond acceptors (Lipinski definition) is 3. The van der Waals surface area contributed by atoms with Gasteiger partial charge in [0.1, 0.15) is 6.10 Å². The lowest BCUT2D eigenvalue weighted by Crippen LogP contribution is -2.24. The molecule has 1 atom stereocenters. The predicted molar refractivity (Wildman–Crippen MR) is 48.2 cm³/mol. The minimum absolute atomic E-state index is 0.0454. The van der Waals surface area contributed by atoms with Crippen molar-refractivity contribution in [2.24, 2.45) is 0 Å². The molecule has 3 heteroatoms. The van der Waals surface area contributed by atoms with Gasteiger partial charge in [0, 0.05) is 13.2 Å². The molecule has 1 unspecified atom stereocenters. The first kappa shape index (κ1) is 11.9. The van der Waals surface area contributed by atoms with E-state index in [0.29, 0.717) is 13.2 Å². The second-order valence-electron chi connectivity index (χ2n) is 2.69. The smallest absolute Gasteiger partial charge is 0.104 e. The Balaban J connectivity index is 3.26. The molecule has 0 radical (unpaired) electrons. The van der Waals surface area contributed by atoms with Crippen molar-refractivity contribution >= 4 is 0 Å². The van der Waals surface area contributed by atoms with Gasteiger partial charge in [-0.2, -0.15) is 0 Å². The van der Waals surface area contributed by atoms with Crippen LogP contribution < -0.4 is 0 Å². The maximum atomic E-state index is 8.85. The van der Waals surface area contributed by atoms with Gasteiger partial charge in [-0.15, -0.1) is 0 Å². The first-order valence-corrected chi connectivity index (χ1v) is 4.65. The highest BCUT2D eigenvalue weighted by atomic mass is 16.5. The lowest BCUT2D eigenvalue weighted by atomic mass is 10.3. The van der Waals surface area contributed by atoms with Gasteiger partial charge in [0.2, 0.25) is 0 Å². The average Bonchev–Trinajstić information content (AvgIpc) is 2.11. The first-order chi connectivity index (χ1) is 5.85. The van der Waals surface area contributed by atoms with Crippen LogP contribution in [-0.4, -0.2) is 37.6 Å². The molecular weight excluding hydrogens is 156 g/mol. The van der Waals surface area contributed by atoms with E-state index in [9.17, 15) is 0 Å². The second-order valence-corrected chi connectivity index (χ2v) is 2.69. The van der Waals surface area contributed by atoms with Crippen molar-refractivity contribution in [1.82, 2.24) is 0 Å². The van der Waals surface area contributed by atoms with E-state index in [0.717, 1.165) is 19.4 Å². The molecular formula is C9H20O3. The van der Waals surface area contributed by atoms with Gasteiger partial charge in [-0.1, -0.05) is 13.3 Å². The number of aliphatic hydroxyl groups excluding tert-OH is 1. The fraction of sp³-hybridized carbons (Fsp3) is 1.00. The molecule has 0 aromatic heterocycles. The van der Waals surface area contributed by atoms with Gasteiger partial charge in [0.05, 0.1) is 13.2 Å². The fourth-order valence-electron chi connectivity index (χ4n) is 0.797. The minimum Gasteiger partial charge on any atom is -0.394 e. The normalized spacial score (nSPS) is 13.2. The van der Waals surface area contributed by atoms with Crippen LogP contribution >= 0.6 is 0 Å². The number of hydrogen-bond donors (Lipinski definition) is 1. The van der Waals surface area contributed by atoms with Crippen LogP contribution in [0.25, 0.3) is 0 Å². The monoisotopic (exact) mass is 176 g/mol. The number of aliphatic hydroxyl groups is 1. The zero-order chi connectivity index (χ0) is 9.23. The van der Waals surface area contributed by atoms with Crippen LogP contribution in [0, 0.1) is 0 Å². The summed E-state index contributed by atoms with van der Waals surface area (Å²) in [4.78, 5) is 0. The van der Waals surface area contributed by atoms with Crippen molar-refractivity contribution in [1.29, 1.82) is 0 Å². The van der Waals surface area contributed by atoms with Crippen LogP contribution in [0.1, 0.15) is 26.7 Å². The van der Waals surface area contributed by atoms with E-state index < -0.39 is 0 Å². The van der Waals surface area contributed by atoms with E-state index >= 15 is 0 Å². The molecule has 0 fully saturated rings. The van der Waals surface area contributed by atoms with Gasteiger partial charge < -0.3 is 14.6 Å². The Morgan fingerprint density at radius 2 is 2.08 bits per heavy atom. The molecule has 0 aliphatic carbocycles. The largest absolute Gasteiger partial charge is 0.394 e. The lowest BCUT2D eigenvalue weighted by molar-refractivity contribution is -0.0406. The molecule has 3 nitrogen and oxygen atoms in total. The summed E-state index contributed by atoms with van der Waals surface area (Å²) in [5, 5.41) is 8.85. The number of unbranched alkanes of at least 4 members (excludes halogenated alkanes) is 1. The number of ether oxygens (including phenoxy) is 2. The van der Waals surface area contributed by atoms with Crippen molar-refractivity contribution in [3.05, 3.63) is 0 Å². The molecule has 12 heavy (non-hydrogen) atoms. The second kappa shape index (κ2) is 8.97. The lowest BCUT2D eigenvalue weighted by Gasteiger charge is -2.14. The van der Waals surface area contributed by atoms with Crippen LogP contribution in [0.4, 0.5) is 0 Å². The van der Waals surface area contributed by atoms with E-state index in [1.165, 1.54) is 0 Å². The third kappa shape index (κ3) is 6.58. The molecule has 0 bridgehead atoms. The molecule has 0 aromatic carbocycles. The van der Waals surface area contributed by atoms with E-state index in [1.54, 1.807) is 0 Å². The highest BCUT2D eigenvalue weighted by molar-refractivity contribution is 4.53. The summed E-state index contributed by atoms with van der Waals surface area (Å²) in [5.74, 6) is 0. The molecule has 0 heterocycles. The zero-order valence-corrected chi connectivity index (χ0v) is 8.08. The van der Waals surface area contributed by atoms with E-state index in [-0.39, 0.29) is 12.7 Å². The third-order valence-electron chi connectivity index (χ3n) is 1.56. The van der Waals surface area contributed by atoms with Crippen LogP contribution in [0.15, 0.2) is 0 Å². The Labute approximate surface area is 74.7 Å². The summed E-state index contributed by atoms with van der Waals surface area (Å²) < 4.78 is 10.5. The van der Waals surface area contributed by atoms with Crippen molar-refractivity contribution in [3.63, 3.8) is 0 Å². The minimum atomic E-state index is -0.142. The summed E-state index contributed by atoms with van der Waals surface area (Å²) in [5.41, 5.74) is 0. The van der Waals surface area contributed by atoms with Crippen LogP contribution in [0.5, 0.6) is 0 Å². The Bertz CT molecular complexity index is 85.8. The highest BCUT2D eigenvalue weighted by Crippen LogP contribution is 1.96. The maximum Gasteiger partial charge on any atom is 0.104 e. The van der Waals surface area contributed by atoms with E-state index in [4.69, 9.17) is 14.6 Å². The summed E-state index contributed by atoms with van der Waals surface area (Å²) in [6.45, 7) is 5.98. The van der Waals surface area contributed by atoms with Gasteiger partial charge in [-0.3, -0.25) is 0 Å². The van der Waals surface area contributed by atoms with Crippen LogP contribution in [-0.2, 0) is 9.47 Å². The third-order valence-corrected chi connectivity index (χ3v) is 1.56. The van der Waals surface area contributed by atoms with Crippen molar-refractivity contribution in [3.8, 4) is 0 Å². The predicted octanol–water partition coefficient (Wildman–Crippen LogP) is 1.20. The molecule has 0 amide bonds. The van der Waals surface area contributed by atoms with Crippen molar-refractivity contribution < 1.29 is 14.6 Å². The summed E-state index contributed by atoms with van der Waals surface area (Å²) >= 11 is 0. The van der Waals surface area contributed by atoms with Crippen LogP contribution in [0.2, 0.25) is 0 Å². The molecule has 0 saturated carbocycles. The molecule has 0 aliphatic heterocycles. The molecule has 74 valence electrons. The van der Waals surface area contributed by atoms with Gasteiger partial charge in [-0.25, -0.2) is 0 Å². The topological polar surface area (TPSA) is 38.7 Å². The van der Waals surface area contributed by atoms with Gasteiger partial charge in [-0.05, 0) is 13.3 Å². The zero-order valence-electron chi connectivity index (χ0n) is 8.08. The van der Waals surface area contributed by atoms with Gasteiger partial charge >= 0.3 is 0 Å². The van der Waals surface area contributed by atoms with Gasteiger partial charge in [0.15, 0.2) is 0 Å². The summed E-state index contributed by atoms with van der Waals surface area (Å²) in [6.07, 6.45) is 2.02. The summed E-state index contributed by atoms with van der Waals surface area (Å²) in [7, 11) is 0. The Morgan fingerprint density at radius 1 is 1.33 bits per heavy atom. The van der Waals surface area contributed by atoms with E-state index in [2.05, 4.69) is 6.92 Å². The quantitative estimate of drug-likeness (QED) is 0.565. The standard InChI is InChI=1S/C9H20O3/c1-3-5-6-12-9(7-10)8-11-4-2/h9-10H,3-8H2,1-2H3. The van der Waals surface area contributed by atoms with Crippen LogP contribution in [0.3, 0.4) is 0 Å². The fourth-order valence-corrected chi connectivity index (χ4v) is 0.797. The summed E-state index contributed by atoms with van der Waals surface area (Å²) in [6, 6.07) is 0. The molecule has 0 rings (SSSR count). The molecule has 1 N–H and O–H groups in total. The Hall–Kier alpha value is -0.120. The molecule has 0 spiro atoms.